The van der Waals surface area contributed by atoms with Gasteiger partial charge in [-0.1, -0.05) is 53.6 Å². The Balaban J connectivity index is 1.65. The normalized spacial score (nSPS) is 20.0. The maximum absolute atomic E-state index is 12.6. The van der Waals surface area contributed by atoms with Crippen molar-refractivity contribution in [1.29, 1.82) is 0 Å². The van der Waals surface area contributed by atoms with Crippen LogP contribution in [-0.4, -0.2) is 36.0 Å². The highest BCUT2D eigenvalue weighted by Crippen LogP contribution is 2.22. The summed E-state index contributed by atoms with van der Waals surface area (Å²) < 4.78 is 0. The van der Waals surface area contributed by atoms with Gasteiger partial charge in [-0.2, -0.15) is 0 Å². The van der Waals surface area contributed by atoms with Crippen molar-refractivity contribution in [3.63, 3.8) is 0 Å². The van der Waals surface area contributed by atoms with Gasteiger partial charge in [0.25, 0.3) is 0 Å². The van der Waals surface area contributed by atoms with Crippen LogP contribution >= 0.6 is 11.6 Å². The highest BCUT2D eigenvalue weighted by molar-refractivity contribution is 6.30. The van der Waals surface area contributed by atoms with Crippen molar-refractivity contribution in [2.45, 2.75) is 45.4 Å². The Morgan fingerprint density at radius 2 is 1.96 bits per heavy atom. The summed E-state index contributed by atoms with van der Waals surface area (Å²) in [5.41, 5.74) is 3.72. The quantitative estimate of drug-likeness (QED) is 0.766. The Morgan fingerprint density at radius 1 is 1.19 bits per heavy atom. The van der Waals surface area contributed by atoms with Gasteiger partial charge in [0.2, 0.25) is 5.91 Å². The molecule has 0 unspecified atom stereocenters. The largest absolute Gasteiger partial charge is 0.355 e. The number of hydrogen-bond donors (Lipinski definition) is 2. The lowest BCUT2D eigenvalue weighted by Gasteiger charge is -2.23. The van der Waals surface area contributed by atoms with Crippen LogP contribution in [0.3, 0.4) is 0 Å². The van der Waals surface area contributed by atoms with Crippen LogP contribution in [0, 0.1) is 6.92 Å². The molecule has 0 aromatic heterocycles. The van der Waals surface area contributed by atoms with Crippen molar-refractivity contribution in [2.24, 2.45) is 0 Å². The van der Waals surface area contributed by atoms with Crippen molar-refractivity contribution in [3.05, 3.63) is 70.2 Å². The van der Waals surface area contributed by atoms with Gasteiger partial charge >= 0.3 is 0 Å². The number of hydrogen-bond acceptors (Lipinski definition) is 3. The minimum absolute atomic E-state index is 0.101. The van der Waals surface area contributed by atoms with Gasteiger partial charge < -0.3 is 10.6 Å². The van der Waals surface area contributed by atoms with Gasteiger partial charge in [0.15, 0.2) is 0 Å². The number of benzene rings is 2. The van der Waals surface area contributed by atoms with Crippen LogP contribution in [0.5, 0.6) is 0 Å². The van der Waals surface area contributed by atoms with Gasteiger partial charge in [-0.05, 0) is 43.5 Å². The summed E-state index contributed by atoms with van der Waals surface area (Å²) in [5, 5.41) is 7.35. The van der Waals surface area contributed by atoms with Crippen LogP contribution in [0.1, 0.15) is 30.0 Å². The van der Waals surface area contributed by atoms with Gasteiger partial charge in [0, 0.05) is 37.2 Å². The molecule has 2 atom stereocenters. The van der Waals surface area contributed by atoms with Gasteiger partial charge in [0.05, 0.1) is 6.04 Å². The first-order chi connectivity index (χ1) is 13.0. The fourth-order valence-corrected chi connectivity index (χ4v) is 3.83. The molecule has 0 bridgehead atoms. The van der Waals surface area contributed by atoms with E-state index in [-0.39, 0.29) is 11.9 Å². The molecule has 1 amide bonds. The topological polar surface area (TPSA) is 44.4 Å². The second-order valence-corrected chi connectivity index (χ2v) is 7.71. The van der Waals surface area contributed by atoms with Crippen LogP contribution in [0.25, 0.3) is 0 Å². The summed E-state index contributed by atoms with van der Waals surface area (Å²) in [7, 11) is 0. The first-order valence-corrected chi connectivity index (χ1v) is 9.98. The molecule has 1 aliphatic rings. The zero-order valence-electron chi connectivity index (χ0n) is 16.0. The summed E-state index contributed by atoms with van der Waals surface area (Å²) >= 11 is 5.99. The van der Waals surface area contributed by atoms with Gasteiger partial charge in [-0.25, -0.2) is 0 Å². The van der Waals surface area contributed by atoms with Crippen LogP contribution in [0.15, 0.2) is 48.5 Å². The molecule has 2 N–H and O–H groups in total. The molecule has 5 heteroatoms. The molecule has 1 fully saturated rings. The minimum atomic E-state index is -0.101. The van der Waals surface area contributed by atoms with E-state index in [2.05, 4.69) is 46.7 Å². The third-order valence-corrected chi connectivity index (χ3v) is 5.29. The molecule has 1 saturated heterocycles. The van der Waals surface area contributed by atoms with Crippen LogP contribution in [-0.2, 0) is 17.9 Å². The Morgan fingerprint density at radius 3 is 2.67 bits per heavy atom. The van der Waals surface area contributed by atoms with E-state index < -0.39 is 0 Å². The predicted molar refractivity (Wildman–Crippen MR) is 111 cm³/mol. The third-order valence-electron chi connectivity index (χ3n) is 5.03. The summed E-state index contributed by atoms with van der Waals surface area (Å²) in [6, 6.07) is 16.6. The van der Waals surface area contributed by atoms with E-state index in [0.717, 1.165) is 31.1 Å². The van der Waals surface area contributed by atoms with Gasteiger partial charge in [0.1, 0.15) is 0 Å². The number of likely N-dealkylation sites (N-methyl/N-ethyl adjacent to an activating group) is 1. The van der Waals surface area contributed by atoms with Crippen LogP contribution in [0.2, 0.25) is 5.02 Å². The van der Waals surface area contributed by atoms with Crippen molar-refractivity contribution < 1.29 is 4.79 Å². The number of carbonyl (C=O) groups is 1. The maximum atomic E-state index is 12.6. The number of rotatable bonds is 7. The first kappa shape index (κ1) is 19.9. The maximum Gasteiger partial charge on any atom is 0.237 e. The summed E-state index contributed by atoms with van der Waals surface area (Å²) in [5.74, 6) is 0.117. The standard InChI is InChI=1S/C22H28ClN3O/c1-3-24-22(27)21-12-20(25-13-18-6-4-5-16(2)11-18)15-26(21)14-17-7-9-19(23)10-8-17/h4-11,20-21,25H,3,12-15H2,1-2H3,(H,24,27)/t20-,21-/m0/s1. The van der Waals surface area contributed by atoms with Crippen LogP contribution < -0.4 is 10.6 Å². The van der Waals surface area contributed by atoms with E-state index in [1.54, 1.807) is 0 Å². The SMILES string of the molecule is CCNC(=O)[C@@H]1C[C@H](NCc2cccc(C)c2)CN1Cc1ccc(Cl)cc1. The summed E-state index contributed by atoms with van der Waals surface area (Å²) in [6.45, 7) is 7.16. The lowest BCUT2D eigenvalue weighted by Crippen LogP contribution is -2.42. The summed E-state index contributed by atoms with van der Waals surface area (Å²) in [4.78, 5) is 14.8. The molecule has 2 aromatic carbocycles. The summed E-state index contributed by atoms with van der Waals surface area (Å²) in [6.07, 6.45) is 0.825. The number of nitrogens with one attached hydrogen (secondary N) is 2. The molecule has 2 aromatic rings. The number of nitrogens with zero attached hydrogens (tertiary/aromatic N) is 1. The van der Waals surface area contributed by atoms with Crippen molar-refractivity contribution in [2.75, 3.05) is 13.1 Å². The lowest BCUT2D eigenvalue weighted by atomic mass is 10.1. The number of amides is 1. The molecule has 1 heterocycles. The molecule has 0 radical (unpaired) electrons. The second kappa shape index (κ2) is 9.36. The first-order valence-electron chi connectivity index (χ1n) is 9.60. The Labute approximate surface area is 166 Å². The van der Waals surface area contributed by atoms with Crippen molar-refractivity contribution in [3.8, 4) is 0 Å². The average molecular weight is 386 g/mol. The third kappa shape index (κ3) is 5.55. The fourth-order valence-electron chi connectivity index (χ4n) is 3.70. The predicted octanol–water partition coefficient (Wildman–Crippen LogP) is 3.52. The van der Waals surface area contributed by atoms with E-state index in [9.17, 15) is 4.79 Å². The number of halogens is 1. The molecule has 144 valence electrons. The Kier molecular flexibility index (Phi) is 6.89. The monoisotopic (exact) mass is 385 g/mol. The molecular formula is C22H28ClN3O. The van der Waals surface area contributed by atoms with Crippen molar-refractivity contribution >= 4 is 17.5 Å². The number of aryl methyl sites for hydroxylation is 1. The number of carbonyl (C=O) groups excluding carboxylic acids is 1. The average Bonchev–Trinajstić information content (AvgIpc) is 3.05. The van der Waals surface area contributed by atoms with Gasteiger partial charge in [-0.15, -0.1) is 0 Å². The van der Waals surface area contributed by atoms with Gasteiger partial charge in [-0.3, -0.25) is 9.69 Å². The van der Waals surface area contributed by atoms with E-state index in [1.165, 1.54) is 16.7 Å². The smallest absolute Gasteiger partial charge is 0.237 e. The van der Waals surface area contributed by atoms with E-state index in [4.69, 9.17) is 11.6 Å². The molecule has 27 heavy (non-hydrogen) atoms. The Hall–Kier alpha value is -1.88. The van der Waals surface area contributed by atoms with Crippen LogP contribution in [0.4, 0.5) is 0 Å². The molecular weight excluding hydrogens is 358 g/mol. The van der Waals surface area contributed by atoms with E-state index in [1.807, 2.05) is 31.2 Å². The second-order valence-electron chi connectivity index (χ2n) is 7.27. The molecule has 4 nitrogen and oxygen atoms in total. The molecule has 1 aliphatic heterocycles. The fraction of sp³-hybridized carbons (Fsp3) is 0.409. The molecule has 0 spiro atoms. The Bertz CT molecular complexity index is 762. The number of likely N-dealkylation sites (tertiary alicyclic amines) is 1. The van der Waals surface area contributed by atoms with E-state index >= 15 is 0 Å². The zero-order chi connectivity index (χ0) is 19.2. The highest BCUT2D eigenvalue weighted by Gasteiger charge is 2.36. The minimum Gasteiger partial charge on any atom is -0.355 e. The molecule has 0 saturated carbocycles. The molecule has 3 rings (SSSR count). The molecule has 0 aliphatic carbocycles. The van der Waals surface area contributed by atoms with E-state index in [0.29, 0.717) is 12.6 Å². The van der Waals surface area contributed by atoms with Crippen molar-refractivity contribution in [1.82, 2.24) is 15.5 Å². The zero-order valence-corrected chi connectivity index (χ0v) is 16.8. The lowest BCUT2D eigenvalue weighted by molar-refractivity contribution is -0.125. The highest BCUT2D eigenvalue weighted by atomic mass is 35.5.